The molecule has 0 radical (unpaired) electrons. The molecule has 0 amide bonds. The zero-order valence-corrected chi connectivity index (χ0v) is 18.8. The number of hydrogen-bond donors (Lipinski definition) is 2. The molecule has 10 nitrogen and oxygen atoms in total. The summed E-state index contributed by atoms with van der Waals surface area (Å²) in [7, 11) is 1.61. The molecule has 0 aliphatic heterocycles. The van der Waals surface area contributed by atoms with E-state index in [9.17, 15) is 27.9 Å². The largest absolute Gasteiger partial charge is 0.573 e. The lowest BCUT2D eigenvalue weighted by Crippen LogP contribution is -2.33. The molecule has 0 aliphatic rings. The minimum atomic E-state index is -4.79. The molecule has 0 saturated heterocycles. The lowest BCUT2D eigenvalue weighted by molar-refractivity contribution is -0.274. The number of fused-ring (bicyclic) bond motifs is 1. The van der Waals surface area contributed by atoms with E-state index >= 15 is 0 Å². The second-order valence-corrected chi connectivity index (χ2v) is 7.85. The van der Waals surface area contributed by atoms with Crippen LogP contribution in [0, 0.1) is 6.92 Å². The first kappa shape index (κ1) is 24.0. The molecule has 2 N–H and O–H groups in total. The third kappa shape index (κ3) is 5.04. The van der Waals surface area contributed by atoms with Crippen molar-refractivity contribution in [3.8, 4) is 28.8 Å². The normalized spacial score (nSPS) is 12.7. The van der Waals surface area contributed by atoms with Crippen molar-refractivity contribution in [2.75, 3.05) is 0 Å². The molecule has 184 valence electrons. The van der Waals surface area contributed by atoms with Crippen LogP contribution in [0.4, 0.5) is 13.2 Å². The number of ether oxygens (including phenoxy) is 2. The van der Waals surface area contributed by atoms with Gasteiger partial charge in [0, 0.05) is 24.4 Å². The van der Waals surface area contributed by atoms with Crippen molar-refractivity contribution in [3.63, 3.8) is 0 Å². The molecule has 13 heteroatoms. The van der Waals surface area contributed by atoms with E-state index in [0.29, 0.717) is 17.0 Å². The Labute approximate surface area is 195 Å². The highest BCUT2D eigenvalue weighted by atomic mass is 19.4. The van der Waals surface area contributed by atoms with Crippen molar-refractivity contribution in [1.29, 1.82) is 0 Å². The number of hydrogen-bond acceptors (Lipinski definition) is 7. The summed E-state index contributed by atoms with van der Waals surface area (Å²) in [6.07, 6.45) is -4.18. The van der Waals surface area contributed by atoms with Gasteiger partial charge in [-0.05, 0) is 44.2 Å². The second-order valence-electron chi connectivity index (χ2n) is 7.85. The SMILES string of the molecule is Cc1cc(-c2nc3c(c(=O)[nH]c(=O)n3CC(C)O)n2C)cnc1Oc1ccc(OC(F)(F)F)cc1. The number of aromatic amines is 1. The Morgan fingerprint density at radius 3 is 2.43 bits per heavy atom. The Balaban J connectivity index is 1.66. The Hall–Kier alpha value is -4.13. The molecule has 4 rings (SSSR count). The molecular weight excluding hydrogens is 471 g/mol. The summed E-state index contributed by atoms with van der Waals surface area (Å²) in [4.78, 5) is 35.7. The average molecular weight is 491 g/mol. The molecule has 1 unspecified atom stereocenters. The van der Waals surface area contributed by atoms with Crippen molar-refractivity contribution in [2.45, 2.75) is 32.9 Å². The van der Waals surface area contributed by atoms with E-state index in [4.69, 9.17) is 4.74 Å². The van der Waals surface area contributed by atoms with Gasteiger partial charge in [0.05, 0.1) is 12.6 Å². The van der Waals surface area contributed by atoms with Crippen molar-refractivity contribution in [1.82, 2.24) is 24.1 Å². The lowest BCUT2D eigenvalue weighted by atomic mass is 10.2. The Morgan fingerprint density at radius 1 is 1.17 bits per heavy atom. The number of halogens is 3. The first-order valence-corrected chi connectivity index (χ1v) is 10.3. The maximum atomic E-state index is 12.4. The fourth-order valence-electron chi connectivity index (χ4n) is 3.55. The smallest absolute Gasteiger partial charge is 0.439 e. The Morgan fingerprint density at radius 2 is 1.83 bits per heavy atom. The van der Waals surface area contributed by atoms with Gasteiger partial charge in [0.1, 0.15) is 17.3 Å². The van der Waals surface area contributed by atoms with E-state index in [1.165, 1.54) is 34.4 Å². The first-order valence-electron chi connectivity index (χ1n) is 10.3. The number of H-pyrrole nitrogens is 1. The number of aliphatic hydroxyl groups is 1. The number of aromatic nitrogens is 5. The molecule has 3 aromatic heterocycles. The zero-order valence-electron chi connectivity index (χ0n) is 18.8. The standard InChI is InChI=1S/C22H20F3N5O5/c1-11-8-13(9-26-20(11)34-14-4-6-15(7-5-14)35-22(23,24)25)17-27-18-16(29(17)3)19(32)28-21(33)30(18)10-12(2)31/h4-9,12,31H,10H2,1-3H3,(H,28,32,33). The van der Waals surface area contributed by atoms with Crippen LogP contribution in [0.3, 0.4) is 0 Å². The van der Waals surface area contributed by atoms with Crippen LogP contribution in [-0.2, 0) is 13.6 Å². The summed E-state index contributed by atoms with van der Waals surface area (Å²) in [5, 5.41) is 9.74. The van der Waals surface area contributed by atoms with Crippen molar-refractivity contribution < 1.29 is 27.8 Å². The predicted octanol–water partition coefficient (Wildman–Crippen LogP) is 2.87. The highest BCUT2D eigenvalue weighted by Gasteiger charge is 2.31. The van der Waals surface area contributed by atoms with Gasteiger partial charge in [-0.3, -0.25) is 14.3 Å². The van der Waals surface area contributed by atoms with Crippen LogP contribution in [-0.4, -0.2) is 41.7 Å². The highest BCUT2D eigenvalue weighted by Crippen LogP contribution is 2.30. The predicted molar refractivity (Wildman–Crippen MR) is 118 cm³/mol. The number of aliphatic hydroxyl groups excluding tert-OH is 1. The molecule has 0 bridgehead atoms. The average Bonchev–Trinajstić information content (AvgIpc) is 3.10. The van der Waals surface area contributed by atoms with Crippen LogP contribution in [0.15, 0.2) is 46.1 Å². The van der Waals surface area contributed by atoms with Gasteiger partial charge in [-0.25, -0.2) is 14.8 Å². The Bertz CT molecular complexity index is 1500. The van der Waals surface area contributed by atoms with Gasteiger partial charge in [-0.15, -0.1) is 13.2 Å². The summed E-state index contributed by atoms with van der Waals surface area (Å²) in [5.41, 5.74) is 0.0856. The third-order valence-corrected chi connectivity index (χ3v) is 5.02. The van der Waals surface area contributed by atoms with Gasteiger partial charge in [0.15, 0.2) is 11.2 Å². The van der Waals surface area contributed by atoms with Gasteiger partial charge in [0.2, 0.25) is 5.88 Å². The van der Waals surface area contributed by atoms with Crippen LogP contribution in [0.5, 0.6) is 17.4 Å². The summed E-state index contributed by atoms with van der Waals surface area (Å²) in [6, 6.07) is 6.58. The topological polar surface area (TPSA) is 124 Å². The quantitative estimate of drug-likeness (QED) is 0.425. The number of nitrogens with zero attached hydrogens (tertiary/aromatic N) is 4. The molecule has 0 aliphatic carbocycles. The van der Waals surface area contributed by atoms with E-state index in [-0.39, 0.29) is 35.1 Å². The van der Waals surface area contributed by atoms with Crippen LogP contribution in [0.25, 0.3) is 22.6 Å². The number of pyridine rings is 1. The maximum Gasteiger partial charge on any atom is 0.573 e. The molecule has 1 aromatic carbocycles. The van der Waals surface area contributed by atoms with E-state index in [0.717, 1.165) is 12.1 Å². The molecule has 1 atom stereocenters. The second kappa shape index (κ2) is 8.91. The minimum absolute atomic E-state index is 0.0561. The fourth-order valence-corrected chi connectivity index (χ4v) is 3.55. The lowest BCUT2D eigenvalue weighted by Gasteiger charge is -2.11. The number of rotatable bonds is 6. The van der Waals surface area contributed by atoms with Crippen molar-refractivity contribution >= 4 is 11.2 Å². The van der Waals surface area contributed by atoms with E-state index in [1.807, 2.05) is 0 Å². The molecule has 0 spiro atoms. The van der Waals surface area contributed by atoms with Crippen LogP contribution < -0.4 is 20.7 Å². The molecular formula is C22H20F3N5O5. The number of nitrogens with one attached hydrogen (secondary N) is 1. The first-order chi connectivity index (χ1) is 16.4. The number of benzene rings is 1. The number of alkyl halides is 3. The molecule has 3 heterocycles. The van der Waals surface area contributed by atoms with Crippen LogP contribution in [0.2, 0.25) is 0 Å². The van der Waals surface area contributed by atoms with Crippen molar-refractivity contribution in [2.24, 2.45) is 7.05 Å². The summed E-state index contributed by atoms with van der Waals surface area (Å²) in [5.74, 6) is 0.433. The van der Waals surface area contributed by atoms with Crippen LogP contribution in [0.1, 0.15) is 12.5 Å². The summed E-state index contributed by atoms with van der Waals surface area (Å²) >= 11 is 0. The Kier molecular flexibility index (Phi) is 6.11. The van der Waals surface area contributed by atoms with Gasteiger partial charge >= 0.3 is 12.1 Å². The zero-order chi connectivity index (χ0) is 25.5. The number of aryl methyl sites for hydroxylation is 2. The van der Waals surface area contributed by atoms with Gasteiger partial charge in [-0.1, -0.05) is 0 Å². The highest BCUT2D eigenvalue weighted by molar-refractivity contribution is 5.76. The van der Waals surface area contributed by atoms with E-state index in [1.54, 1.807) is 20.0 Å². The third-order valence-electron chi connectivity index (χ3n) is 5.02. The maximum absolute atomic E-state index is 12.4. The summed E-state index contributed by atoms with van der Waals surface area (Å²) in [6.45, 7) is 3.17. The van der Waals surface area contributed by atoms with E-state index < -0.39 is 23.7 Å². The molecule has 0 saturated carbocycles. The van der Waals surface area contributed by atoms with Gasteiger partial charge < -0.3 is 19.1 Å². The number of imidazole rings is 1. The van der Waals surface area contributed by atoms with E-state index in [2.05, 4.69) is 19.7 Å². The van der Waals surface area contributed by atoms with Crippen molar-refractivity contribution in [3.05, 3.63) is 62.9 Å². The fraction of sp³-hybridized carbons (Fsp3) is 0.273. The minimum Gasteiger partial charge on any atom is -0.439 e. The molecule has 0 fully saturated rings. The van der Waals surface area contributed by atoms with Crippen LogP contribution >= 0.6 is 0 Å². The van der Waals surface area contributed by atoms with Gasteiger partial charge in [-0.2, -0.15) is 0 Å². The molecule has 4 aromatic rings. The monoisotopic (exact) mass is 491 g/mol. The summed E-state index contributed by atoms with van der Waals surface area (Å²) < 4.78 is 49.2. The van der Waals surface area contributed by atoms with Gasteiger partial charge in [0.25, 0.3) is 5.56 Å². The molecule has 35 heavy (non-hydrogen) atoms.